The molecule has 1 atom stereocenters. The first-order chi connectivity index (χ1) is 14.8. The van der Waals surface area contributed by atoms with Crippen LogP contribution in [0.4, 0.5) is 5.69 Å². The highest BCUT2D eigenvalue weighted by Gasteiger charge is 2.44. The Morgan fingerprint density at radius 2 is 1.77 bits per heavy atom. The minimum absolute atomic E-state index is 0.00489. The van der Waals surface area contributed by atoms with Crippen LogP contribution in [0.2, 0.25) is 5.02 Å². The Bertz CT molecular complexity index is 1030. The lowest BCUT2D eigenvalue weighted by molar-refractivity contribution is -0.135. The van der Waals surface area contributed by atoms with E-state index in [1.807, 2.05) is 0 Å². The highest BCUT2D eigenvalue weighted by atomic mass is 35.5. The zero-order valence-corrected chi connectivity index (χ0v) is 17.3. The summed E-state index contributed by atoms with van der Waals surface area (Å²) >= 11 is 5.88. The van der Waals surface area contributed by atoms with Gasteiger partial charge in [-0.1, -0.05) is 23.7 Å². The number of methoxy groups -OCH3 is 1. The zero-order chi connectivity index (χ0) is 22.5. The van der Waals surface area contributed by atoms with Gasteiger partial charge in [-0.2, -0.15) is 0 Å². The number of benzene rings is 2. The number of carbonyl (C=O) groups excluding carboxylic acids is 3. The number of imide groups is 1. The normalized spacial score (nSPS) is 16.1. The standard InChI is InChI=1S/C22H19ClN2O6/c1-31-17-8-2-14(3-9-17)13-24(19(26)10-11-21(28)29)18-12-20(27)25(22(18)30)16-6-4-15(23)5-7-16/h2-11,18H,12-13H2,1H3,(H,28,29)/b11-10+/t18-/m0/s1. The van der Waals surface area contributed by atoms with Gasteiger partial charge in [-0.15, -0.1) is 0 Å². The lowest BCUT2D eigenvalue weighted by Gasteiger charge is -2.26. The minimum atomic E-state index is -1.30. The first-order valence-electron chi connectivity index (χ1n) is 9.27. The van der Waals surface area contributed by atoms with Gasteiger partial charge in [0.15, 0.2) is 0 Å². The topological polar surface area (TPSA) is 104 Å². The third kappa shape index (κ3) is 5.10. The van der Waals surface area contributed by atoms with Gasteiger partial charge in [-0.3, -0.25) is 14.4 Å². The molecule has 1 aliphatic heterocycles. The summed E-state index contributed by atoms with van der Waals surface area (Å²) in [7, 11) is 1.52. The molecule has 0 bridgehead atoms. The molecule has 1 N–H and O–H groups in total. The van der Waals surface area contributed by atoms with E-state index in [2.05, 4.69) is 0 Å². The van der Waals surface area contributed by atoms with Gasteiger partial charge in [-0.25, -0.2) is 9.69 Å². The van der Waals surface area contributed by atoms with Crippen molar-refractivity contribution in [3.8, 4) is 5.75 Å². The lowest BCUT2D eigenvalue weighted by Crippen LogP contribution is -2.44. The maximum atomic E-state index is 13.1. The second kappa shape index (κ2) is 9.44. The van der Waals surface area contributed by atoms with Gasteiger partial charge < -0.3 is 14.7 Å². The van der Waals surface area contributed by atoms with Gasteiger partial charge >= 0.3 is 5.97 Å². The van der Waals surface area contributed by atoms with E-state index in [1.54, 1.807) is 48.5 Å². The summed E-state index contributed by atoms with van der Waals surface area (Å²) < 4.78 is 5.12. The van der Waals surface area contributed by atoms with Gasteiger partial charge in [0.2, 0.25) is 11.8 Å². The number of carboxylic acids is 1. The summed E-state index contributed by atoms with van der Waals surface area (Å²) in [4.78, 5) is 51.5. The Kier molecular flexibility index (Phi) is 6.71. The molecule has 3 amide bonds. The van der Waals surface area contributed by atoms with Gasteiger partial charge in [0.1, 0.15) is 11.8 Å². The van der Waals surface area contributed by atoms with Crippen LogP contribution >= 0.6 is 11.6 Å². The number of ether oxygens (including phenoxy) is 1. The molecule has 1 heterocycles. The van der Waals surface area contributed by atoms with Crippen LogP contribution in [0.5, 0.6) is 5.75 Å². The number of halogens is 1. The van der Waals surface area contributed by atoms with Crippen molar-refractivity contribution in [2.24, 2.45) is 0 Å². The second-order valence-corrected chi connectivity index (χ2v) is 7.19. The van der Waals surface area contributed by atoms with Crippen LogP contribution in [-0.4, -0.2) is 46.8 Å². The van der Waals surface area contributed by atoms with Crippen LogP contribution in [0.25, 0.3) is 0 Å². The Hall–Kier alpha value is -3.65. The highest BCUT2D eigenvalue weighted by Crippen LogP contribution is 2.28. The van der Waals surface area contributed by atoms with Crippen molar-refractivity contribution >= 4 is 41.0 Å². The van der Waals surface area contributed by atoms with Gasteiger partial charge in [0, 0.05) is 23.7 Å². The molecule has 1 saturated heterocycles. The molecule has 0 aromatic heterocycles. The Morgan fingerprint density at radius 1 is 1.13 bits per heavy atom. The summed E-state index contributed by atoms with van der Waals surface area (Å²) in [5, 5.41) is 9.31. The van der Waals surface area contributed by atoms with Crippen molar-refractivity contribution in [2.45, 2.75) is 19.0 Å². The van der Waals surface area contributed by atoms with Crippen LogP contribution in [-0.2, 0) is 25.7 Å². The fraction of sp³-hybridized carbons (Fsp3) is 0.182. The van der Waals surface area contributed by atoms with Crippen molar-refractivity contribution in [1.82, 2.24) is 4.90 Å². The van der Waals surface area contributed by atoms with E-state index in [-0.39, 0.29) is 13.0 Å². The van der Waals surface area contributed by atoms with Crippen molar-refractivity contribution < 1.29 is 29.0 Å². The van der Waals surface area contributed by atoms with Crippen molar-refractivity contribution in [1.29, 1.82) is 0 Å². The average Bonchev–Trinajstić information content (AvgIpc) is 3.05. The third-order valence-corrected chi connectivity index (χ3v) is 5.00. The summed E-state index contributed by atoms with van der Waals surface area (Å²) in [6.07, 6.45) is 1.35. The fourth-order valence-corrected chi connectivity index (χ4v) is 3.35. The molecule has 2 aromatic carbocycles. The van der Waals surface area contributed by atoms with E-state index in [1.165, 1.54) is 12.0 Å². The molecule has 9 heteroatoms. The van der Waals surface area contributed by atoms with Gasteiger partial charge in [0.25, 0.3) is 5.91 Å². The van der Waals surface area contributed by atoms with E-state index in [4.69, 9.17) is 21.4 Å². The average molecular weight is 443 g/mol. The number of rotatable bonds is 7. The number of carboxylic acid groups (broad SMARTS) is 1. The molecule has 160 valence electrons. The molecule has 1 fully saturated rings. The fourth-order valence-electron chi connectivity index (χ4n) is 3.23. The minimum Gasteiger partial charge on any atom is -0.497 e. The first kappa shape index (κ1) is 22.0. The number of anilines is 1. The van der Waals surface area contributed by atoms with E-state index in [0.717, 1.165) is 11.0 Å². The molecule has 0 saturated carbocycles. The van der Waals surface area contributed by atoms with Crippen LogP contribution in [0.1, 0.15) is 12.0 Å². The molecule has 31 heavy (non-hydrogen) atoms. The van der Waals surface area contributed by atoms with E-state index >= 15 is 0 Å². The number of carbonyl (C=O) groups is 4. The van der Waals surface area contributed by atoms with Crippen LogP contribution in [0.3, 0.4) is 0 Å². The van der Waals surface area contributed by atoms with Crippen LogP contribution in [0.15, 0.2) is 60.7 Å². The van der Waals surface area contributed by atoms with Gasteiger partial charge in [-0.05, 0) is 42.0 Å². The maximum Gasteiger partial charge on any atom is 0.328 e. The number of hydrogen-bond acceptors (Lipinski definition) is 5. The zero-order valence-electron chi connectivity index (χ0n) is 16.5. The smallest absolute Gasteiger partial charge is 0.328 e. The molecule has 0 radical (unpaired) electrons. The second-order valence-electron chi connectivity index (χ2n) is 6.75. The van der Waals surface area contributed by atoms with Crippen molar-refractivity contribution in [3.63, 3.8) is 0 Å². The monoisotopic (exact) mass is 442 g/mol. The largest absolute Gasteiger partial charge is 0.497 e. The van der Waals surface area contributed by atoms with E-state index < -0.39 is 29.7 Å². The molecule has 1 aliphatic rings. The molecule has 0 unspecified atom stereocenters. The summed E-state index contributed by atoms with van der Waals surface area (Å²) in [5.74, 6) is -2.41. The van der Waals surface area contributed by atoms with Crippen molar-refractivity contribution in [3.05, 3.63) is 71.3 Å². The molecule has 2 aromatic rings. The molecular weight excluding hydrogens is 424 g/mol. The molecule has 3 rings (SSSR count). The molecule has 8 nitrogen and oxygen atoms in total. The number of nitrogens with zero attached hydrogens (tertiary/aromatic N) is 2. The summed E-state index contributed by atoms with van der Waals surface area (Å²) in [6, 6.07) is 12.0. The SMILES string of the molecule is COc1ccc(CN(C(=O)/C=C/C(=O)O)[C@H]2CC(=O)N(c3ccc(Cl)cc3)C2=O)cc1. The molecular formula is C22H19ClN2O6. The first-order valence-corrected chi connectivity index (χ1v) is 9.65. The Morgan fingerprint density at radius 3 is 2.35 bits per heavy atom. The van der Waals surface area contributed by atoms with Gasteiger partial charge in [0.05, 0.1) is 19.2 Å². The van der Waals surface area contributed by atoms with E-state index in [9.17, 15) is 19.2 Å². The van der Waals surface area contributed by atoms with E-state index in [0.29, 0.717) is 28.1 Å². The predicted molar refractivity (Wildman–Crippen MR) is 113 cm³/mol. The van der Waals surface area contributed by atoms with Crippen LogP contribution < -0.4 is 9.64 Å². The lowest BCUT2D eigenvalue weighted by atomic mass is 10.1. The number of hydrogen-bond donors (Lipinski definition) is 1. The molecule has 0 spiro atoms. The highest BCUT2D eigenvalue weighted by molar-refractivity contribution is 6.31. The number of aliphatic carboxylic acids is 1. The quantitative estimate of drug-likeness (QED) is 0.522. The maximum absolute atomic E-state index is 13.1. The summed E-state index contributed by atoms with van der Waals surface area (Å²) in [5.41, 5.74) is 1.03. The third-order valence-electron chi connectivity index (χ3n) is 4.75. The summed E-state index contributed by atoms with van der Waals surface area (Å²) in [6.45, 7) is 0.00489. The number of amides is 3. The Labute approximate surface area is 183 Å². The predicted octanol–water partition coefficient (Wildman–Crippen LogP) is 2.65. The van der Waals surface area contributed by atoms with Crippen LogP contribution in [0, 0.1) is 0 Å². The van der Waals surface area contributed by atoms with Crippen molar-refractivity contribution in [2.75, 3.05) is 12.0 Å². The Balaban J connectivity index is 1.91. The molecule has 0 aliphatic carbocycles.